The highest BCUT2D eigenvalue weighted by atomic mass is 16.3. The molecule has 0 amide bonds. The van der Waals surface area contributed by atoms with Gasteiger partial charge in [-0.25, -0.2) is 0 Å². The number of hydrogen-bond donors (Lipinski definition) is 2. The van der Waals surface area contributed by atoms with Gasteiger partial charge in [0, 0.05) is 12.1 Å². The maximum Gasteiger partial charge on any atom is 0.0914 e. The first kappa shape index (κ1) is 12.1. The minimum Gasteiger partial charge on any atom is -0.387 e. The number of benzene rings is 1. The summed E-state index contributed by atoms with van der Waals surface area (Å²) in [5, 5.41) is 22.1. The second-order valence-corrected chi connectivity index (χ2v) is 4.93. The van der Waals surface area contributed by atoms with Gasteiger partial charge in [0.05, 0.1) is 18.6 Å². The molecule has 1 aromatic rings. The molecule has 90 valence electrons. The fraction of sp³-hybridized carbons (Fsp3) is 0.500. The van der Waals surface area contributed by atoms with Gasteiger partial charge in [-0.15, -0.1) is 0 Å². The lowest BCUT2D eigenvalue weighted by molar-refractivity contribution is 0.168. The summed E-state index contributed by atoms with van der Waals surface area (Å²) in [6.07, 6.45) is 2.13. The van der Waals surface area contributed by atoms with Gasteiger partial charge in [-0.1, -0.05) is 29.8 Å². The van der Waals surface area contributed by atoms with E-state index >= 15 is 0 Å². The van der Waals surface area contributed by atoms with Gasteiger partial charge >= 0.3 is 0 Å². The van der Waals surface area contributed by atoms with Crippen LogP contribution in [0.4, 0.5) is 0 Å². The Hall–Kier alpha value is -1.37. The largest absolute Gasteiger partial charge is 0.387 e. The minimum absolute atomic E-state index is 0.0143. The van der Waals surface area contributed by atoms with Crippen molar-refractivity contribution in [3.8, 4) is 6.07 Å². The number of rotatable bonds is 5. The highest BCUT2D eigenvalue weighted by Crippen LogP contribution is 2.38. The maximum absolute atomic E-state index is 10.1. The average Bonchev–Trinajstić information content (AvgIpc) is 3.07. The number of aliphatic hydroxyl groups excluding tert-OH is 1. The standard InChI is InChI=1S/C14H18N2O/c1-11-3-2-4-12(9-11)13(17)10-16-14(5-6-14)7-8-15/h2-4,9,13,16-17H,5-7,10H2,1H3. The molecule has 2 N–H and O–H groups in total. The van der Waals surface area contributed by atoms with Gasteiger partial charge in [0.25, 0.3) is 0 Å². The number of hydrogen-bond acceptors (Lipinski definition) is 3. The van der Waals surface area contributed by atoms with Crippen LogP contribution < -0.4 is 5.32 Å². The first-order valence-corrected chi connectivity index (χ1v) is 6.02. The quantitative estimate of drug-likeness (QED) is 0.814. The molecule has 0 spiro atoms. The molecular formula is C14H18N2O. The second-order valence-electron chi connectivity index (χ2n) is 4.93. The zero-order valence-electron chi connectivity index (χ0n) is 10.1. The van der Waals surface area contributed by atoms with Gasteiger partial charge in [0.2, 0.25) is 0 Å². The number of aryl methyl sites for hydroxylation is 1. The molecule has 0 radical (unpaired) electrons. The third-order valence-electron chi connectivity index (χ3n) is 3.37. The van der Waals surface area contributed by atoms with Crippen LogP contribution in [0.25, 0.3) is 0 Å². The van der Waals surface area contributed by atoms with Gasteiger partial charge in [-0.05, 0) is 25.3 Å². The molecule has 1 unspecified atom stereocenters. The Bertz CT molecular complexity index is 432. The van der Waals surface area contributed by atoms with E-state index in [0.29, 0.717) is 13.0 Å². The summed E-state index contributed by atoms with van der Waals surface area (Å²) in [7, 11) is 0. The lowest BCUT2D eigenvalue weighted by Gasteiger charge is -2.18. The summed E-state index contributed by atoms with van der Waals surface area (Å²) in [6, 6.07) is 10.1. The molecule has 1 aromatic carbocycles. The van der Waals surface area contributed by atoms with E-state index in [4.69, 9.17) is 5.26 Å². The molecule has 1 fully saturated rings. The van der Waals surface area contributed by atoms with Crippen molar-refractivity contribution in [1.29, 1.82) is 5.26 Å². The van der Waals surface area contributed by atoms with E-state index < -0.39 is 6.10 Å². The Morgan fingerprint density at radius 1 is 1.53 bits per heavy atom. The van der Waals surface area contributed by atoms with Gasteiger partial charge < -0.3 is 10.4 Å². The molecule has 0 aromatic heterocycles. The summed E-state index contributed by atoms with van der Waals surface area (Å²) in [5.41, 5.74) is 2.07. The van der Waals surface area contributed by atoms with Crippen molar-refractivity contribution < 1.29 is 5.11 Å². The average molecular weight is 230 g/mol. The van der Waals surface area contributed by atoms with Gasteiger partial charge in [-0.2, -0.15) is 5.26 Å². The van der Waals surface area contributed by atoms with Gasteiger partial charge in [-0.3, -0.25) is 0 Å². The molecule has 1 atom stereocenters. The molecular weight excluding hydrogens is 212 g/mol. The molecule has 0 bridgehead atoms. The monoisotopic (exact) mass is 230 g/mol. The number of nitriles is 1. The fourth-order valence-corrected chi connectivity index (χ4v) is 2.03. The highest BCUT2D eigenvalue weighted by Gasteiger charge is 2.42. The van der Waals surface area contributed by atoms with Crippen LogP contribution in [0, 0.1) is 18.3 Å². The van der Waals surface area contributed by atoms with Crippen molar-refractivity contribution in [1.82, 2.24) is 5.32 Å². The zero-order chi connectivity index (χ0) is 12.3. The zero-order valence-corrected chi connectivity index (χ0v) is 10.1. The van der Waals surface area contributed by atoms with E-state index in [1.165, 1.54) is 0 Å². The summed E-state index contributed by atoms with van der Waals surface area (Å²) in [5.74, 6) is 0. The van der Waals surface area contributed by atoms with E-state index in [0.717, 1.165) is 24.0 Å². The van der Waals surface area contributed by atoms with E-state index in [9.17, 15) is 5.11 Å². The van der Waals surface area contributed by atoms with Crippen molar-refractivity contribution in [2.75, 3.05) is 6.54 Å². The van der Waals surface area contributed by atoms with Crippen molar-refractivity contribution in [3.05, 3.63) is 35.4 Å². The van der Waals surface area contributed by atoms with Crippen LogP contribution in [0.3, 0.4) is 0 Å². The number of β-amino-alcohol motifs (C(OH)–C–C–N with tert-alkyl or cyclic N) is 1. The summed E-state index contributed by atoms with van der Waals surface area (Å²) >= 11 is 0. The van der Waals surface area contributed by atoms with E-state index in [-0.39, 0.29) is 5.54 Å². The summed E-state index contributed by atoms with van der Waals surface area (Å²) in [6.45, 7) is 2.53. The summed E-state index contributed by atoms with van der Waals surface area (Å²) in [4.78, 5) is 0. The van der Waals surface area contributed by atoms with Gasteiger partial charge in [0.15, 0.2) is 0 Å². The van der Waals surface area contributed by atoms with Gasteiger partial charge in [0.1, 0.15) is 0 Å². The molecule has 1 aliphatic carbocycles. The van der Waals surface area contributed by atoms with Crippen LogP contribution >= 0.6 is 0 Å². The minimum atomic E-state index is -0.494. The lowest BCUT2D eigenvalue weighted by atomic mass is 10.1. The van der Waals surface area contributed by atoms with Crippen LogP contribution in [0.2, 0.25) is 0 Å². The second kappa shape index (κ2) is 4.87. The Labute approximate surface area is 102 Å². The van der Waals surface area contributed by atoms with Crippen molar-refractivity contribution >= 4 is 0 Å². The first-order valence-electron chi connectivity index (χ1n) is 6.02. The van der Waals surface area contributed by atoms with Crippen LogP contribution in [-0.2, 0) is 0 Å². The molecule has 1 saturated carbocycles. The van der Waals surface area contributed by atoms with Crippen molar-refractivity contribution in [2.45, 2.75) is 37.8 Å². The molecule has 17 heavy (non-hydrogen) atoms. The molecule has 1 aliphatic rings. The third kappa shape index (κ3) is 3.06. The SMILES string of the molecule is Cc1cccc(C(O)CNC2(CC#N)CC2)c1. The number of nitrogens with one attached hydrogen (secondary N) is 1. The van der Waals surface area contributed by atoms with E-state index in [1.807, 2.05) is 31.2 Å². The van der Waals surface area contributed by atoms with Crippen molar-refractivity contribution in [2.24, 2.45) is 0 Å². The highest BCUT2D eigenvalue weighted by molar-refractivity contribution is 5.24. The number of nitrogens with zero attached hydrogens (tertiary/aromatic N) is 1. The Balaban J connectivity index is 1.90. The Morgan fingerprint density at radius 3 is 2.88 bits per heavy atom. The molecule has 2 rings (SSSR count). The molecule has 0 heterocycles. The van der Waals surface area contributed by atoms with Crippen LogP contribution in [0.15, 0.2) is 24.3 Å². The molecule has 0 saturated heterocycles. The van der Waals surface area contributed by atoms with Crippen molar-refractivity contribution in [3.63, 3.8) is 0 Å². The first-order chi connectivity index (χ1) is 8.15. The normalized spacial score (nSPS) is 18.4. The predicted molar refractivity (Wildman–Crippen MR) is 66.3 cm³/mol. The topological polar surface area (TPSA) is 56.0 Å². The lowest BCUT2D eigenvalue weighted by Crippen LogP contribution is -2.34. The van der Waals surface area contributed by atoms with Crippen LogP contribution in [0.5, 0.6) is 0 Å². The van der Waals surface area contributed by atoms with Crippen LogP contribution in [-0.4, -0.2) is 17.2 Å². The van der Waals surface area contributed by atoms with Crippen LogP contribution in [0.1, 0.15) is 36.5 Å². The fourth-order valence-electron chi connectivity index (χ4n) is 2.03. The predicted octanol–water partition coefficient (Wildman–Crippen LogP) is 2.06. The van der Waals surface area contributed by atoms with E-state index in [2.05, 4.69) is 11.4 Å². The third-order valence-corrected chi connectivity index (χ3v) is 3.37. The number of aliphatic hydroxyl groups is 1. The molecule has 0 aliphatic heterocycles. The molecule has 3 nitrogen and oxygen atoms in total. The smallest absolute Gasteiger partial charge is 0.0914 e. The summed E-state index contributed by atoms with van der Waals surface area (Å²) < 4.78 is 0. The Kier molecular flexibility index (Phi) is 3.46. The Morgan fingerprint density at radius 2 is 2.29 bits per heavy atom. The molecule has 3 heteroatoms. The van der Waals surface area contributed by atoms with E-state index in [1.54, 1.807) is 0 Å². The maximum atomic E-state index is 10.1.